The fourth-order valence-corrected chi connectivity index (χ4v) is 1.04. The van der Waals surface area contributed by atoms with E-state index in [4.69, 9.17) is 0 Å². The Morgan fingerprint density at radius 1 is 1.23 bits per heavy atom. The number of alkyl halides is 3. The van der Waals surface area contributed by atoms with Gasteiger partial charge in [-0.25, -0.2) is 4.52 Å². The number of fused-ring (bicyclic) bond motifs is 1. The molecule has 0 amide bonds. The molecule has 0 spiro atoms. The van der Waals surface area contributed by atoms with Crippen LogP contribution in [-0.4, -0.2) is 14.6 Å². The van der Waals surface area contributed by atoms with Crippen molar-refractivity contribution in [2.24, 2.45) is 0 Å². The van der Waals surface area contributed by atoms with Crippen LogP contribution in [-0.2, 0) is 6.18 Å². The zero-order valence-corrected chi connectivity index (χ0v) is 6.28. The summed E-state index contributed by atoms with van der Waals surface area (Å²) >= 11 is 0. The number of halogens is 3. The second-order valence-electron chi connectivity index (χ2n) is 2.46. The van der Waals surface area contributed by atoms with Gasteiger partial charge in [-0.15, -0.1) is 0 Å². The average molecular weight is 187 g/mol. The molecular formula is C7H4F3N3. The molecule has 2 aromatic rings. The first-order chi connectivity index (χ1) is 6.09. The highest BCUT2D eigenvalue weighted by Crippen LogP contribution is 2.28. The minimum Gasteiger partial charge on any atom is -0.260 e. The molecule has 0 aliphatic heterocycles. The summed E-state index contributed by atoms with van der Waals surface area (Å²) in [5, 5.41) is 3.54. The fourth-order valence-electron chi connectivity index (χ4n) is 1.04. The number of hydrogen-bond acceptors (Lipinski definition) is 2. The highest BCUT2D eigenvalue weighted by Gasteiger charge is 2.34. The van der Waals surface area contributed by atoms with Crippen LogP contribution in [0, 0.1) is 0 Å². The lowest BCUT2D eigenvalue weighted by molar-refractivity contribution is -0.142. The van der Waals surface area contributed by atoms with E-state index < -0.39 is 11.9 Å². The third kappa shape index (κ3) is 1.24. The SMILES string of the molecule is FC(F)(F)c1cncc2ccnn12. The Balaban J connectivity index is 2.75. The zero-order chi connectivity index (χ0) is 9.47. The van der Waals surface area contributed by atoms with E-state index in [2.05, 4.69) is 10.1 Å². The van der Waals surface area contributed by atoms with E-state index in [1.54, 1.807) is 0 Å². The van der Waals surface area contributed by atoms with Crippen LogP contribution in [0.15, 0.2) is 24.7 Å². The average Bonchev–Trinajstić information content (AvgIpc) is 2.48. The first kappa shape index (κ1) is 8.03. The van der Waals surface area contributed by atoms with Crippen molar-refractivity contribution in [1.29, 1.82) is 0 Å². The van der Waals surface area contributed by atoms with Gasteiger partial charge in [0.15, 0.2) is 5.69 Å². The molecule has 0 fully saturated rings. The number of hydrogen-bond donors (Lipinski definition) is 0. The molecule has 0 aliphatic carbocycles. The molecule has 0 saturated carbocycles. The summed E-state index contributed by atoms with van der Waals surface area (Å²) in [6.07, 6.45) is -1.05. The normalized spacial score (nSPS) is 12.2. The van der Waals surface area contributed by atoms with Gasteiger partial charge in [0.2, 0.25) is 0 Å². The van der Waals surface area contributed by atoms with Gasteiger partial charge in [0.25, 0.3) is 0 Å². The van der Waals surface area contributed by atoms with Crippen molar-refractivity contribution in [3.05, 3.63) is 30.4 Å². The van der Waals surface area contributed by atoms with Crippen LogP contribution < -0.4 is 0 Å². The predicted octanol–water partition coefficient (Wildman–Crippen LogP) is 1.75. The lowest BCUT2D eigenvalue weighted by Crippen LogP contribution is -2.12. The Kier molecular flexibility index (Phi) is 1.51. The summed E-state index contributed by atoms with van der Waals surface area (Å²) in [7, 11) is 0. The minimum absolute atomic E-state index is 0.329. The summed E-state index contributed by atoms with van der Waals surface area (Å²) in [5.74, 6) is 0. The molecule has 68 valence electrons. The van der Waals surface area contributed by atoms with Crippen LogP contribution >= 0.6 is 0 Å². The molecule has 0 aliphatic rings. The van der Waals surface area contributed by atoms with Gasteiger partial charge < -0.3 is 0 Å². The van der Waals surface area contributed by atoms with Crippen LogP contribution in [0.3, 0.4) is 0 Å². The molecule has 0 radical (unpaired) electrons. The number of aromatic nitrogens is 3. The molecule has 2 rings (SSSR count). The van der Waals surface area contributed by atoms with E-state index in [0.717, 1.165) is 10.7 Å². The summed E-state index contributed by atoms with van der Waals surface area (Å²) in [6, 6.07) is 1.46. The molecule has 13 heavy (non-hydrogen) atoms. The Labute approximate surface area is 70.8 Å². The largest absolute Gasteiger partial charge is 0.434 e. The van der Waals surface area contributed by atoms with Crippen LogP contribution in [0.5, 0.6) is 0 Å². The van der Waals surface area contributed by atoms with Gasteiger partial charge in [0.05, 0.1) is 24.1 Å². The van der Waals surface area contributed by atoms with Gasteiger partial charge >= 0.3 is 6.18 Å². The third-order valence-electron chi connectivity index (χ3n) is 1.59. The van der Waals surface area contributed by atoms with Gasteiger partial charge in [-0.1, -0.05) is 0 Å². The number of nitrogens with zero attached hydrogens (tertiary/aromatic N) is 3. The Morgan fingerprint density at radius 2 is 2.00 bits per heavy atom. The molecule has 6 heteroatoms. The van der Waals surface area contributed by atoms with Crippen LogP contribution in [0.2, 0.25) is 0 Å². The number of rotatable bonds is 0. The third-order valence-corrected chi connectivity index (χ3v) is 1.59. The van der Waals surface area contributed by atoms with E-state index in [-0.39, 0.29) is 0 Å². The summed E-state index contributed by atoms with van der Waals surface area (Å²) in [6.45, 7) is 0. The van der Waals surface area contributed by atoms with Crippen LogP contribution in [0.25, 0.3) is 5.52 Å². The van der Waals surface area contributed by atoms with Gasteiger partial charge in [-0.3, -0.25) is 4.98 Å². The van der Waals surface area contributed by atoms with E-state index in [1.165, 1.54) is 18.5 Å². The van der Waals surface area contributed by atoms with Gasteiger partial charge in [0.1, 0.15) is 0 Å². The second-order valence-corrected chi connectivity index (χ2v) is 2.46. The summed E-state index contributed by atoms with van der Waals surface area (Å²) in [4.78, 5) is 3.47. The van der Waals surface area contributed by atoms with Gasteiger partial charge in [-0.05, 0) is 6.07 Å². The molecule has 2 heterocycles. The highest BCUT2D eigenvalue weighted by atomic mass is 19.4. The topological polar surface area (TPSA) is 30.2 Å². The van der Waals surface area contributed by atoms with Crippen molar-refractivity contribution in [1.82, 2.24) is 14.6 Å². The van der Waals surface area contributed by atoms with E-state index in [0.29, 0.717) is 5.52 Å². The highest BCUT2D eigenvalue weighted by molar-refractivity contribution is 5.43. The molecule has 2 aromatic heterocycles. The molecule has 0 bridgehead atoms. The van der Waals surface area contributed by atoms with Crippen molar-refractivity contribution in [3.8, 4) is 0 Å². The monoisotopic (exact) mass is 187 g/mol. The lowest BCUT2D eigenvalue weighted by Gasteiger charge is -2.06. The summed E-state index contributed by atoms with van der Waals surface area (Å²) in [5.41, 5.74) is -0.537. The van der Waals surface area contributed by atoms with Gasteiger partial charge in [-0.2, -0.15) is 18.3 Å². The molecule has 0 N–H and O–H groups in total. The molecule has 3 nitrogen and oxygen atoms in total. The molecule has 0 aromatic carbocycles. The Bertz CT molecular complexity index is 432. The maximum atomic E-state index is 12.3. The zero-order valence-electron chi connectivity index (χ0n) is 6.28. The molecule has 0 atom stereocenters. The van der Waals surface area contributed by atoms with Crippen LogP contribution in [0.1, 0.15) is 5.69 Å². The van der Waals surface area contributed by atoms with E-state index >= 15 is 0 Å². The van der Waals surface area contributed by atoms with Crippen molar-refractivity contribution in [2.45, 2.75) is 6.18 Å². The molecular weight excluding hydrogens is 183 g/mol. The minimum atomic E-state index is -4.42. The second kappa shape index (κ2) is 2.45. The van der Waals surface area contributed by atoms with E-state index in [1.807, 2.05) is 0 Å². The van der Waals surface area contributed by atoms with Gasteiger partial charge in [0, 0.05) is 0 Å². The van der Waals surface area contributed by atoms with E-state index in [9.17, 15) is 13.2 Å². The first-order valence-corrected chi connectivity index (χ1v) is 3.44. The van der Waals surface area contributed by atoms with Crippen LogP contribution in [0.4, 0.5) is 13.2 Å². The summed E-state index contributed by atoms with van der Waals surface area (Å²) < 4.78 is 37.7. The first-order valence-electron chi connectivity index (χ1n) is 3.44. The van der Waals surface area contributed by atoms with Crippen molar-refractivity contribution in [3.63, 3.8) is 0 Å². The Hall–Kier alpha value is -1.59. The Morgan fingerprint density at radius 3 is 2.69 bits per heavy atom. The fraction of sp³-hybridized carbons (Fsp3) is 0.143. The standard InChI is InChI=1S/C7H4F3N3/c8-7(9,10)6-4-11-3-5-1-2-12-13(5)6/h1-4H. The van der Waals surface area contributed by atoms with Crippen molar-refractivity contribution in [2.75, 3.05) is 0 Å². The smallest absolute Gasteiger partial charge is 0.260 e. The quantitative estimate of drug-likeness (QED) is 0.628. The molecule has 0 saturated heterocycles. The van der Waals surface area contributed by atoms with Crippen molar-refractivity contribution >= 4 is 5.52 Å². The predicted molar refractivity (Wildman–Crippen MR) is 38.0 cm³/mol. The van der Waals surface area contributed by atoms with Crippen molar-refractivity contribution < 1.29 is 13.2 Å². The maximum absolute atomic E-state index is 12.3. The lowest BCUT2D eigenvalue weighted by atomic mass is 10.4. The maximum Gasteiger partial charge on any atom is 0.434 e. The molecule has 0 unspecified atom stereocenters.